The first-order chi connectivity index (χ1) is 20.2. The molecule has 4 rings (SSSR count). The fourth-order valence-corrected chi connectivity index (χ4v) is 5.17. The number of benzene rings is 4. The van der Waals surface area contributed by atoms with Gasteiger partial charge in [0.25, 0.3) is 11.8 Å². The van der Waals surface area contributed by atoms with Crippen LogP contribution in [-0.4, -0.2) is 23.0 Å². The maximum Gasteiger partial charge on any atom is 0.272 e. The van der Waals surface area contributed by atoms with E-state index in [1.807, 2.05) is 13.0 Å². The first-order valence-corrected chi connectivity index (χ1v) is 14.5. The molecule has 0 aromatic heterocycles. The average molecular weight is 623 g/mol. The molecule has 0 aliphatic rings. The third-order valence-electron chi connectivity index (χ3n) is 5.95. The van der Waals surface area contributed by atoms with Crippen LogP contribution in [0.1, 0.15) is 29.3 Å². The van der Waals surface area contributed by atoms with Crippen molar-refractivity contribution in [2.75, 3.05) is 10.6 Å². The summed E-state index contributed by atoms with van der Waals surface area (Å²) < 4.78 is 13.4. The van der Waals surface area contributed by atoms with Crippen molar-refractivity contribution in [3.05, 3.63) is 130 Å². The summed E-state index contributed by atoms with van der Waals surface area (Å²) in [5.74, 6) is -1.71. The second kappa shape index (κ2) is 14.7. The van der Waals surface area contributed by atoms with Crippen LogP contribution in [0.3, 0.4) is 0 Å². The molecule has 1 unspecified atom stereocenters. The van der Waals surface area contributed by atoms with Crippen molar-refractivity contribution in [2.24, 2.45) is 0 Å². The molecule has 4 aromatic carbocycles. The summed E-state index contributed by atoms with van der Waals surface area (Å²) in [6.07, 6.45) is 1.99. The zero-order chi connectivity index (χ0) is 30.1. The van der Waals surface area contributed by atoms with Gasteiger partial charge < -0.3 is 16.0 Å². The van der Waals surface area contributed by atoms with Crippen molar-refractivity contribution in [1.82, 2.24) is 5.32 Å². The van der Waals surface area contributed by atoms with E-state index in [1.165, 1.54) is 42.1 Å². The Balaban J connectivity index is 1.50. The molecule has 1 atom stereocenters. The van der Waals surface area contributed by atoms with E-state index in [2.05, 4.69) is 16.0 Å². The van der Waals surface area contributed by atoms with Crippen molar-refractivity contribution >= 4 is 70.1 Å². The van der Waals surface area contributed by atoms with E-state index in [-0.39, 0.29) is 16.6 Å². The van der Waals surface area contributed by atoms with Gasteiger partial charge in [-0.25, -0.2) is 4.39 Å². The molecule has 10 heteroatoms. The molecule has 0 aliphatic carbocycles. The van der Waals surface area contributed by atoms with Gasteiger partial charge in [-0.05, 0) is 72.7 Å². The van der Waals surface area contributed by atoms with Crippen LogP contribution in [-0.2, 0) is 9.59 Å². The standard InChI is InChI=1S/C32H26Cl2FN3O3S/c1-2-28(32(41)37-26-13-7-12-25(33)29(26)34)42-24-11-6-10-23(19-24)36-31(40)27(18-20-14-16-22(35)17-15-20)38-30(39)21-8-4-3-5-9-21/h3-19,28H,2H2,1H3,(H,36,40)(H,37,41)(H,38,39)/b27-18+. The topological polar surface area (TPSA) is 87.3 Å². The lowest BCUT2D eigenvalue weighted by atomic mass is 10.1. The Morgan fingerprint density at radius 1 is 0.881 bits per heavy atom. The molecule has 3 N–H and O–H groups in total. The lowest BCUT2D eigenvalue weighted by Crippen LogP contribution is -2.30. The fraction of sp³-hybridized carbons (Fsp3) is 0.0938. The molecule has 0 radical (unpaired) electrons. The van der Waals surface area contributed by atoms with Gasteiger partial charge in [0.15, 0.2) is 0 Å². The number of amides is 3. The lowest BCUT2D eigenvalue weighted by molar-refractivity contribution is -0.116. The second-order valence-electron chi connectivity index (χ2n) is 9.02. The van der Waals surface area contributed by atoms with Crippen molar-refractivity contribution in [1.29, 1.82) is 0 Å². The Labute approximate surface area is 257 Å². The van der Waals surface area contributed by atoms with E-state index in [0.29, 0.717) is 33.9 Å². The molecule has 0 fully saturated rings. The van der Waals surface area contributed by atoms with Crippen LogP contribution in [0.5, 0.6) is 0 Å². The fourth-order valence-electron chi connectivity index (χ4n) is 3.81. The molecule has 0 spiro atoms. The highest BCUT2D eigenvalue weighted by Crippen LogP contribution is 2.32. The predicted molar refractivity (Wildman–Crippen MR) is 168 cm³/mol. The minimum Gasteiger partial charge on any atom is -0.324 e. The minimum absolute atomic E-state index is 0.0299. The smallest absolute Gasteiger partial charge is 0.272 e. The van der Waals surface area contributed by atoms with E-state index >= 15 is 0 Å². The van der Waals surface area contributed by atoms with Gasteiger partial charge in [-0.3, -0.25) is 14.4 Å². The number of hydrogen-bond donors (Lipinski definition) is 3. The van der Waals surface area contributed by atoms with E-state index < -0.39 is 22.9 Å². The molecule has 42 heavy (non-hydrogen) atoms. The van der Waals surface area contributed by atoms with Gasteiger partial charge in [-0.1, -0.05) is 72.6 Å². The highest BCUT2D eigenvalue weighted by molar-refractivity contribution is 8.00. The largest absolute Gasteiger partial charge is 0.324 e. The average Bonchev–Trinajstić information content (AvgIpc) is 2.99. The highest BCUT2D eigenvalue weighted by atomic mass is 35.5. The summed E-state index contributed by atoms with van der Waals surface area (Å²) in [6, 6.07) is 26.0. The highest BCUT2D eigenvalue weighted by Gasteiger charge is 2.20. The Morgan fingerprint density at radius 2 is 1.60 bits per heavy atom. The first-order valence-electron chi connectivity index (χ1n) is 12.9. The molecule has 6 nitrogen and oxygen atoms in total. The van der Waals surface area contributed by atoms with Crippen molar-refractivity contribution < 1.29 is 18.8 Å². The number of thioether (sulfide) groups is 1. The molecule has 0 heterocycles. The molecule has 3 amide bonds. The van der Waals surface area contributed by atoms with Gasteiger partial charge in [0.2, 0.25) is 5.91 Å². The Bertz CT molecular complexity index is 1620. The number of carbonyl (C=O) groups is 3. The van der Waals surface area contributed by atoms with Crippen LogP contribution < -0.4 is 16.0 Å². The van der Waals surface area contributed by atoms with Crippen LogP contribution in [0.15, 0.2) is 108 Å². The Morgan fingerprint density at radius 3 is 2.31 bits per heavy atom. The van der Waals surface area contributed by atoms with Gasteiger partial charge >= 0.3 is 0 Å². The monoisotopic (exact) mass is 621 g/mol. The summed E-state index contributed by atoms with van der Waals surface area (Å²) in [5.41, 5.74) is 1.74. The van der Waals surface area contributed by atoms with Crippen LogP contribution in [0.25, 0.3) is 6.08 Å². The van der Waals surface area contributed by atoms with Gasteiger partial charge in [0.1, 0.15) is 11.5 Å². The van der Waals surface area contributed by atoms with Crippen molar-refractivity contribution in [3.63, 3.8) is 0 Å². The van der Waals surface area contributed by atoms with E-state index in [9.17, 15) is 18.8 Å². The molecule has 0 saturated carbocycles. The number of carbonyl (C=O) groups excluding carboxylic acids is 3. The quantitative estimate of drug-likeness (QED) is 0.123. The zero-order valence-electron chi connectivity index (χ0n) is 22.4. The van der Waals surface area contributed by atoms with Crippen LogP contribution in [0, 0.1) is 5.82 Å². The van der Waals surface area contributed by atoms with Crippen LogP contribution in [0.4, 0.5) is 15.8 Å². The molecular weight excluding hydrogens is 596 g/mol. The number of rotatable bonds is 10. The van der Waals surface area contributed by atoms with Crippen LogP contribution >= 0.6 is 35.0 Å². The summed E-state index contributed by atoms with van der Waals surface area (Å²) >= 11 is 13.6. The lowest BCUT2D eigenvalue weighted by Gasteiger charge is -2.16. The second-order valence-corrected chi connectivity index (χ2v) is 11.1. The maximum absolute atomic E-state index is 13.4. The van der Waals surface area contributed by atoms with Gasteiger partial charge in [0, 0.05) is 16.1 Å². The molecule has 0 aliphatic heterocycles. The summed E-state index contributed by atoms with van der Waals surface area (Å²) in [6.45, 7) is 1.89. The van der Waals surface area contributed by atoms with Gasteiger partial charge in [-0.15, -0.1) is 11.8 Å². The van der Waals surface area contributed by atoms with Gasteiger partial charge in [0.05, 0.1) is 21.0 Å². The van der Waals surface area contributed by atoms with Crippen molar-refractivity contribution in [3.8, 4) is 0 Å². The molecule has 4 aromatic rings. The minimum atomic E-state index is -0.578. The molecular formula is C32H26Cl2FN3O3S. The summed E-state index contributed by atoms with van der Waals surface area (Å²) in [4.78, 5) is 39.9. The number of halogens is 3. The van der Waals surface area contributed by atoms with E-state index in [1.54, 1.807) is 66.7 Å². The first kappa shape index (κ1) is 30.8. The van der Waals surface area contributed by atoms with E-state index in [0.717, 1.165) is 4.90 Å². The maximum atomic E-state index is 13.4. The third kappa shape index (κ3) is 8.45. The van der Waals surface area contributed by atoms with Crippen LogP contribution in [0.2, 0.25) is 10.0 Å². The molecule has 214 valence electrons. The Kier molecular flexibility index (Phi) is 10.8. The number of anilines is 2. The molecule has 0 bridgehead atoms. The predicted octanol–water partition coefficient (Wildman–Crippen LogP) is 8.05. The summed E-state index contributed by atoms with van der Waals surface area (Å²) in [7, 11) is 0. The summed E-state index contributed by atoms with van der Waals surface area (Å²) in [5, 5.41) is 8.44. The van der Waals surface area contributed by atoms with E-state index in [4.69, 9.17) is 23.2 Å². The van der Waals surface area contributed by atoms with Gasteiger partial charge in [-0.2, -0.15) is 0 Å². The number of nitrogens with one attached hydrogen (secondary N) is 3. The zero-order valence-corrected chi connectivity index (χ0v) is 24.7. The third-order valence-corrected chi connectivity index (χ3v) is 8.13. The SMILES string of the molecule is CCC(Sc1cccc(NC(=O)/C(=C\c2ccc(F)cc2)NC(=O)c2ccccc2)c1)C(=O)Nc1cccc(Cl)c1Cl. The normalized spacial score (nSPS) is 11.9. The Hall–Kier alpha value is -4.11. The number of hydrogen-bond acceptors (Lipinski definition) is 4. The molecule has 0 saturated heterocycles. The van der Waals surface area contributed by atoms with Crippen molar-refractivity contribution in [2.45, 2.75) is 23.5 Å².